The van der Waals surface area contributed by atoms with Gasteiger partial charge in [0.05, 0.1) is 5.69 Å². The van der Waals surface area contributed by atoms with E-state index in [1.165, 1.54) is 4.90 Å². The van der Waals surface area contributed by atoms with E-state index >= 15 is 0 Å². The quantitative estimate of drug-likeness (QED) is 0.630. The van der Waals surface area contributed by atoms with Gasteiger partial charge in [0.25, 0.3) is 5.91 Å². The zero-order valence-corrected chi connectivity index (χ0v) is 13.7. The Bertz CT molecular complexity index is 663. The van der Waals surface area contributed by atoms with Crippen molar-refractivity contribution in [3.63, 3.8) is 0 Å². The average Bonchev–Trinajstić information content (AvgIpc) is 2.90. The van der Waals surface area contributed by atoms with E-state index in [0.29, 0.717) is 31.6 Å². The number of rotatable bonds is 3. The lowest BCUT2D eigenvalue weighted by atomic mass is 10.0. The third kappa shape index (κ3) is 3.04. The number of hydrogen-bond donors (Lipinski definition) is 0. The second-order valence-corrected chi connectivity index (χ2v) is 6.03. The Morgan fingerprint density at radius 1 is 1.12 bits per heavy atom. The summed E-state index contributed by atoms with van der Waals surface area (Å²) in [6, 6.07) is 8.74. The molecule has 0 unspecified atom stereocenters. The van der Waals surface area contributed by atoms with Gasteiger partial charge in [-0.25, -0.2) is 9.69 Å². The van der Waals surface area contributed by atoms with Crippen molar-refractivity contribution in [1.82, 2.24) is 9.80 Å². The van der Waals surface area contributed by atoms with Crippen LogP contribution >= 0.6 is 0 Å². The Morgan fingerprint density at radius 3 is 2.42 bits per heavy atom. The number of anilines is 1. The van der Waals surface area contributed by atoms with Crippen LogP contribution in [-0.2, 0) is 9.59 Å². The number of allylic oxidation sites excluding steroid dienone is 1. The molecule has 126 valence electrons. The number of carbonyl (C=O) groups excluding carboxylic acids is 3. The summed E-state index contributed by atoms with van der Waals surface area (Å²) in [5.41, 5.74) is 0.607. The van der Waals surface area contributed by atoms with Crippen LogP contribution in [0.1, 0.15) is 19.8 Å². The minimum Gasteiger partial charge on any atom is -0.339 e. The summed E-state index contributed by atoms with van der Waals surface area (Å²) in [5.74, 6) is -0.190. The molecular formula is C18H21N3O3. The van der Waals surface area contributed by atoms with E-state index < -0.39 is 0 Å². The first-order valence-corrected chi connectivity index (χ1v) is 8.22. The van der Waals surface area contributed by atoms with Crippen LogP contribution in [0.3, 0.4) is 0 Å². The maximum Gasteiger partial charge on any atom is 0.332 e. The Labute approximate surface area is 141 Å². The molecule has 0 aromatic heterocycles. The van der Waals surface area contributed by atoms with Crippen molar-refractivity contribution in [3.05, 3.63) is 42.5 Å². The van der Waals surface area contributed by atoms with Crippen molar-refractivity contribution >= 4 is 23.5 Å². The van der Waals surface area contributed by atoms with Crippen molar-refractivity contribution in [2.75, 3.05) is 24.5 Å². The molecule has 0 atom stereocenters. The van der Waals surface area contributed by atoms with Gasteiger partial charge in [0.1, 0.15) is 6.54 Å². The molecule has 2 saturated heterocycles. The van der Waals surface area contributed by atoms with Gasteiger partial charge in [-0.1, -0.05) is 24.3 Å². The van der Waals surface area contributed by atoms with Crippen molar-refractivity contribution in [3.8, 4) is 0 Å². The number of para-hydroxylation sites is 1. The lowest BCUT2D eigenvalue weighted by Crippen LogP contribution is -2.47. The van der Waals surface area contributed by atoms with Crippen LogP contribution in [0, 0.1) is 0 Å². The number of urea groups is 1. The van der Waals surface area contributed by atoms with Crippen LogP contribution < -0.4 is 4.90 Å². The molecule has 1 aromatic carbocycles. The average molecular weight is 327 g/mol. The zero-order chi connectivity index (χ0) is 17.1. The van der Waals surface area contributed by atoms with E-state index in [1.54, 1.807) is 34.1 Å². The molecule has 2 heterocycles. The van der Waals surface area contributed by atoms with Gasteiger partial charge >= 0.3 is 6.03 Å². The predicted octanol–water partition coefficient (Wildman–Crippen LogP) is 2.02. The fourth-order valence-electron chi connectivity index (χ4n) is 3.28. The highest BCUT2D eigenvalue weighted by Crippen LogP contribution is 2.26. The predicted molar refractivity (Wildman–Crippen MR) is 90.4 cm³/mol. The monoisotopic (exact) mass is 327 g/mol. The maximum absolute atomic E-state index is 12.7. The van der Waals surface area contributed by atoms with Crippen LogP contribution in [0.5, 0.6) is 0 Å². The highest BCUT2D eigenvalue weighted by molar-refractivity contribution is 6.19. The fourth-order valence-corrected chi connectivity index (χ4v) is 3.28. The van der Waals surface area contributed by atoms with E-state index in [-0.39, 0.29) is 30.4 Å². The van der Waals surface area contributed by atoms with Crippen molar-refractivity contribution in [2.45, 2.75) is 25.8 Å². The summed E-state index contributed by atoms with van der Waals surface area (Å²) in [4.78, 5) is 41.5. The summed E-state index contributed by atoms with van der Waals surface area (Å²) < 4.78 is 0. The van der Waals surface area contributed by atoms with Crippen LogP contribution in [0.2, 0.25) is 0 Å². The van der Waals surface area contributed by atoms with E-state index in [1.807, 2.05) is 25.1 Å². The van der Waals surface area contributed by atoms with Crippen LogP contribution in [-0.4, -0.2) is 53.3 Å². The fraction of sp³-hybridized carbons (Fsp3) is 0.389. The summed E-state index contributed by atoms with van der Waals surface area (Å²) in [5, 5.41) is 0. The first kappa shape index (κ1) is 16.2. The summed E-state index contributed by atoms with van der Waals surface area (Å²) in [7, 11) is 0. The highest BCUT2D eigenvalue weighted by atomic mass is 16.2. The molecule has 0 radical (unpaired) electrons. The Morgan fingerprint density at radius 2 is 1.79 bits per heavy atom. The zero-order valence-electron chi connectivity index (χ0n) is 13.7. The van der Waals surface area contributed by atoms with Gasteiger partial charge in [0.2, 0.25) is 5.91 Å². The number of amides is 4. The molecule has 2 aliphatic heterocycles. The molecule has 0 spiro atoms. The summed E-state index contributed by atoms with van der Waals surface area (Å²) >= 11 is 0. The number of likely N-dealkylation sites (tertiary alicyclic amines) is 1. The minimum atomic E-state index is -0.260. The molecule has 2 fully saturated rings. The molecule has 4 amide bonds. The molecule has 6 heteroatoms. The Hall–Kier alpha value is -2.63. The normalized spacial score (nSPS) is 19.6. The maximum atomic E-state index is 12.7. The first-order valence-electron chi connectivity index (χ1n) is 8.22. The molecule has 0 N–H and O–H groups in total. The molecule has 2 aliphatic rings. The van der Waals surface area contributed by atoms with E-state index in [2.05, 4.69) is 0 Å². The molecule has 6 nitrogen and oxygen atoms in total. The van der Waals surface area contributed by atoms with Gasteiger partial charge < -0.3 is 9.80 Å². The second kappa shape index (κ2) is 6.86. The van der Waals surface area contributed by atoms with Gasteiger partial charge in [-0.05, 0) is 38.0 Å². The van der Waals surface area contributed by atoms with Crippen LogP contribution in [0.25, 0.3) is 0 Å². The molecule has 0 saturated carbocycles. The topological polar surface area (TPSA) is 60.9 Å². The lowest BCUT2D eigenvalue weighted by Gasteiger charge is -2.35. The number of benzene rings is 1. The van der Waals surface area contributed by atoms with E-state index in [0.717, 1.165) is 0 Å². The van der Waals surface area contributed by atoms with Crippen LogP contribution in [0.4, 0.5) is 10.5 Å². The number of nitrogens with zero attached hydrogens (tertiary/aromatic N) is 3. The first-order chi connectivity index (χ1) is 11.6. The lowest BCUT2D eigenvalue weighted by molar-refractivity contribution is -0.127. The Balaban J connectivity index is 1.66. The van der Waals surface area contributed by atoms with Crippen molar-refractivity contribution in [1.29, 1.82) is 0 Å². The number of imide groups is 1. The van der Waals surface area contributed by atoms with Crippen molar-refractivity contribution in [2.24, 2.45) is 0 Å². The smallest absolute Gasteiger partial charge is 0.332 e. The van der Waals surface area contributed by atoms with Gasteiger partial charge in [-0.15, -0.1) is 0 Å². The van der Waals surface area contributed by atoms with E-state index in [4.69, 9.17) is 0 Å². The largest absolute Gasteiger partial charge is 0.339 e. The van der Waals surface area contributed by atoms with Crippen LogP contribution in [0.15, 0.2) is 42.5 Å². The number of hydrogen-bond acceptors (Lipinski definition) is 3. The number of piperidine rings is 1. The molecular weight excluding hydrogens is 306 g/mol. The highest BCUT2D eigenvalue weighted by Gasteiger charge is 2.41. The molecule has 0 bridgehead atoms. The third-order valence-electron chi connectivity index (χ3n) is 4.53. The summed E-state index contributed by atoms with van der Waals surface area (Å²) in [6.07, 6.45) is 4.69. The molecule has 24 heavy (non-hydrogen) atoms. The van der Waals surface area contributed by atoms with Gasteiger partial charge in [-0.3, -0.25) is 9.59 Å². The molecule has 0 aliphatic carbocycles. The van der Waals surface area contributed by atoms with Gasteiger partial charge in [0, 0.05) is 19.1 Å². The van der Waals surface area contributed by atoms with Crippen molar-refractivity contribution < 1.29 is 14.4 Å². The minimum absolute atomic E-state index is 0.00446. The SMILES string of the molecule is CC=CC(=O)N1CCC(N2CC(=O)N(c3ccccc3)C2=O)CC1. The van der Waals surface area contributed by atoms with E-state index in [9.17, 15) is 14.4 Å². The summed E-state index contributed by atoms with van der Waals surface area (Å²) in [6.45, 7) is 3.15. The third-order valence-corrected chi connectivity index (χ3v) is 4.53. The van der Waals surface area contributed by atoms with Gasteiger partial charge in [0.15, 0.2) is 0 Å². The standard InChI is InChI=1S/C18H21N3O3/c1-2-6-16(22)19-11-9-14(10-12-19)20-13-17(23)21(18(20)24)15-7-4-3-5-8-15/h2-8,14H,9-13H2,1H3. The van der Waals surface area contributed by atoms with Gasteiger partial charge in [-0.2, -0.15) is 0 Å². The molecule has 3 rings (SSSR count). The Kier molecular flexibility index (Phi) is 4.64. The molecule has 1 aromatic rings. The number of carbonyl (C=O) groups is 3. The second-order valence-electron chi connectivity index (χ2n) is 6.03.